The van der Waals surface area contributed by atoms with Crippen LogP contribution < -0.4 is 0 Å². The largest absolute Gasteiger partial charge is 0.243 e. The van der Waals surface area contributed by atoms with Crippen molar-refractivity contribution in [1.29, 1.82) is 0 Å². The fraction of sp³-hybridized carbons (Fsp3) is 0.625. The van der Waals surface area contributed by atoms with E-state index in [0.29, 0.717) is 23.9 Å². The molecule has 1 fully saturated rings. The van der Waals surface area contributed by atoms with Crippen LogP contribution in [0.15, 0.2) is 23.1 Å². The highest BCUT2D eigenvalue weighted by Crippen LogP contribution is 2.27. The van der Waals surface area contributed by atoms with E-state index < -0.39 is 10.0 Å². The first-order chi connectivity index (χ1) is 9.57. The van der Waals surface area contributed by atoms with Crippen LogP contribution in [0.4, 0.5) is 0 Å². The molecule has 110 valence electrons. The fourth-order valence-electron chi connectivity index (χ4n) is 3.38. The molecule has 20 heavy (non-hydrogen) atoms. The lowest BCUT2D eigenvalue weighted by Gasteiger charge is -2.30. The van der Waals surface area contributed by atoms with Crippen molar-refractivity contribution in [2.24, 2.45) is 5.92 Å². The van der Waals surface area contributed by atoms with Gasteiger partial charge in [-0.25, -0.2) is 8.42 Å². The van der Waals surface area contributed by atoms with E-state index in [4.69, 9.17) is 0 Å². The number of hydrogen-bond acceptors (Lipinski definition) is 2. The van der Waals surface area contributed by atoms with Crippen LogP contribution in [0.5, 0.6) is 0 Å². The van der Waals surface area contributed by atoms with Gasteiger partial charge in [0.05, 0.1) is 4.90 Å². The molecule has 0 saturated carbocycles. The van der Waals surface area contributed by atoms with Gasteiger partial charge in [-0.15, -0.1) is 0 Å². The van der Waals surface area contributed by atoms with Gasteiger partial charge < -0.3 is 0 Å². The average Bonchev–Trinajstić information content (AvgIpc) is 2.46. The number of aryl methyl sites for hydroxylation is 2. The lowest BCUT2D eigenvalue weighted by atomic mass is 9.92. The van der Waals surface area contributed by atoms with Crippen molar-refractivity contribution in [2.45, 2.75) is 50.3 Å². The Hall–Kier alpha value is -0.870. The summed E-state index contributed by atoms with van der Waals surface area (Å²) in [5.41, 5.74) is 2.57. The molecule has 0 aromatic heterocycles. The molecule has 1 heterocycles. The summed E-state index contributed by atoms with van der Waals surface area (Å²) < 4.78 is 27.2. The molecule has 1 unspecified atom stereocenters. The minimum atomic E-state index is -3.30. The first-order valence-corrected chi connectivity index (χ1v) is 9.13. The van der Waals surface area contributed by atoms with Gasteiger partial charge in [0.2, 0.25) is 10.0 Å². The normalized spacial score (nSPS) is 24.4. The van der Waals surface area contributed by atoms with Gasteiger partial charge in [0.1, 0.15) is 0 Å². The number of fused-ring (bicyclic) bond motifs is 1. The summed E-state index contributed by atoms with van der Waals surface area (Å²) in [6, 6.07) is 5.75. The second-order valence-electron chi connectivity index (χ2n) is 6.25. The van der Waals surface area contributed by atoms with Gasteiger partial charge in [-0.1, -0.05) is 13.0 Å². The van der Waals surface area contributed by atoms with Gasteiger partial charge in [0.25, 0.3) is 0 Å². The molecule has 0 bridgehead atoms. The van der Waals surface area contributed by atoms with Crippen LogP contribution >= 0.6 is 0 Å². The van der Waals surface area contributed by atoms with Crippen molar-refractivity contribution in [3.05, 3.63) is 29.3 Å². The maximum absolute atomic E-state index is 12.7. The van der Waals surface area contributed by atoms with Gasteiger partial charge in [-0.2, -0.15) is 4.31 Å². The number of benzene rings is 1. The minimum Gasteiger partial charge on any atom is -0.207 e. The third-order valence-electron chi connectivity index (χ3n) is 4.58. The van der Waals surface area contributed by atoms with Crippen molar-refractivity contribution in [3.8, 4) is 0 Å². The summed E-state index contributed by atoms with van der Waals surface area (Å²) in [4.78, 5) is 0.493. The first kappa shape index (κ1) is 14.1. The van der Waals surface area contributed by atoms with Crippen molar-refractivity contribution in [1.82, 2.24) is 4.31 Å². The Morgan fingerprint density at radius 2 is 1.85 bits per heavy atom. The van der Waals surface area contributed by atoms with Gasteiger partial charge >= 0.3 is 0 Å². The van der Waals surface area contributed by atoms with Gasteiger partial charge in [0.15, 0.2) is 0 Å². The van der Waals surface area contributed by atoms with Crippen molar-refractivity contribution in [3.63, 3.8) is 0 Å². The van der Waals surface area contributed by atoms with E-state index >= 15 is 0 Å². The Kier molecular flexibility index (Phi) is 3.87. The summed E-state index contributed by atoms with van der Waals surface area (Å²) in [6.45, 7) is 3.47. The van der Waals surface area contributed by atoms with E-state index in [1.165, 1.54) is 24.0 Å². The Morgan fingerprint density at radius 1 is 1.10 bits per heavy atom. The Labute approximate surface area is 122 Å². The molecular formula is C16H23NO2S. The predicted octanol–water partition coefficient (Wildman–Crippen LogP) is 2.99. The van der Waals surface area contributed by atoms with E-state index in [2.05, 4.69) is 6.92 Å². The molecule has 1 aliphatic heterocycles. The van der Waals surface area contributed by atoms with Gasteiger partial charge in [-0.05, 0) is 67.7 Å². The van der Waals surface area contributed by atoms with E-state index in [1.807, 2.05) is 12.1 Å². The standard InChI is InChI=1S/C16H23NO2S/c1-13-5-4-10-17(12-13)20(18,19)16-9-8-14-6-2-3-7-15(14)11-16/h8-9,11,13H,2-7,10,12H2,1H3. The van der Waals surface area contributed by atoms with Crippen LogP contribution in [0.25, 0.3) is 0 Å². The maximum Gasteiger partial charge on any atom is 0.243 e. The zero-order chi connectivity index (χ0) is 14.2. The van der Waals surface area contributed by atoms with E-state index in [-0.39, 0.29) is 0 Å². The molecule has 0 N–H and O–H groups in total. The van der Waals surface area contributed by atoms with Crippen LogP contribution in [0.1, 0.15) is 43.7 Å². The highest BCUT2D eigenvalue weighted by atomic mass is 32.2. The molecule has 1 atom stereocenters. The lowest BCUT2D eigenvalue weighted by molar-refractivity contribution is 0.281. The molecule has 1 aliphatic carbocycles. The Morgan fingerprint density at radius 3 is 2.60 bits per heavy atom. The monoisotopic (exact) mass is 293 g/mol. The van der Waals surface area contributed by atoms with E-state index in [9.17, 15) is 8.42 Å². The highest BCUT2D eigenvalue weighted by Gasteiger charge is 2.29. The molecule has 0 radical (unpaired) electrons. The minimum absolute atomic E-state index is 0.469. The van der Waals surface area contributed by atoms with Crippen molar-refractivity contribution < 1.29 is 8.42 Å². The predicted molar refractivity (Wildman–Crippen MR) is 80.2 cm³/mol. The summed E-state index contributed by atoms with van der Waals surface area (Å²) in [7, 11) is -3.30. The Bertz CT molecular complexity index is 594. The van der Waals surface area contributed by atoms with Gasteiger partial charge in [-0.3, -0.25) is 0 Å². The number of hydrogen-bond donors (Lipinski definition) is 0. The zero-order valence-electron chi connectivity index (χ0n) is 12.1. The topological polar surface area (TPSA) is 37.4 Å². The number of sulfonamides is 1. The summed E-state index contributed by atoms with van der Waals surface area (Å²) in [5.74, 6) is 0.469. The smallest absolute Gasteiger partial charge is 0.207 e. The molecule has 0 amide bonds. The van der Waals surface area contributed by atoms with Crippen molar-refractivity contribution >= 4 is 10.0 Å². The molecule has 3 nitrogen and oxygen atoms in total. The SMILES string of the molecule is CC1CCCN(S(=O)(=O)c2ccc3c(c2)CCCC3)C1. The number of nitrogens with zero attached hydrogens (tertiary/aromatic N) is 1. The molecule has 4 heteroatoms. The molecule has 2 aliphatic rings. The summed E-state index contributed by atoms with van der Waals surface area (Å²) >= 11 is 0. The third-order valence-corrected chi connectivity index (χ3v) is 6.44. The molecule has 0 spiro atoms. The lowest BCUT2D eigenvalue weighted by Crippen LogP contribution is -2.39. The van der Waals surface area contributed by atoms with Crippen LogP contribution in [-0.4, -0.2) is 25.8 Å². The third kappa shape index (κ3) is 2.63. The second-order valence-corrected chi connectivity index (χ2v) is 8.19. The van der Waals surface area contributed by atoms with Crippen LogP contribution in [-0.2, 0) is 22.9 Å². The van der Waals surface area contributed by atoms with E-state index in [0.717, 1.165) is 25.7 Å². The maximum atomic E-state index is 12.7. The first-order valence-electron chi connectivity index (χ1n) is 7.69. The van der Waals surface area contributed by atoms with Crippen LogP contribution in [0.2, 0.25) is 0 Å². The molecule has 1 aromatic carbocycles. The van der Waals surface area contributed by atoms with Gasteiger partial charge in [0, 0.05) is 13.1 Å². The summed E-state index contributed by atoms with van der Waals surface area (Å²) in [5, 5.41) is 0. The van der Waals surface area contributed by atoms with Crippen LogP contribution in [0, 0.1) is 5.92 Å². The zero-order valence-corrected chi connectivity index (χ0v) is 13.0. The molecule has 3 rings (SSSR count). The number of rotatable bonds is 2. The Balaban J connectivity index is 1.90. The molecule has 1 saturated heterocycles. The quantitative estimate of drug-likeness (QED) is 0.840. The highest BCUT2D eigenvalue weighted by molar-refractivity contribution is 7.89. The average molecular weight is 293 g/mol. The van der Waals surface area contributed by atoms with Crippen LogP contribution in [0.3, 0.4) is 0 Å². The summed E-state index contributed by atoms with van der Waals surface area (Å²) in [6.07, 6.45) is 6.63. The fourth-order valence-corrected chi connectivity index (χ4v) is 5.03. The number of piperidine rings is 1. The molecule has 1 aromatic rings. The van der Waals surface area contributed by atoms with E-state index in [1.54, 1.807) is 10.4 Å². The van der Waals surface area contributed by atoms with Crippen molar-refractivity contribution in [2.75, 3.05) is 13.1 Å². The second kappa shape index (κ2) is 5.49. The molecular weight excluding hydrogens is 270 g/mol.